The predicted molar refractivity (Wildman–Crippen MR) is 130 cm³/mol. The van der Waals surface area contributed by atoms with Crippen molar-refractivity contribution >= 4 is 27.6 Å². The summed E-state index contributed by atoms with van der Waals surface area (Å²) in [7, 11) is 0. The van der Waals surface area contributed by atoms with Crippen molar-refractivity contribution in [3.05, 3.63) is 69.3 Å². The normalized spacial score (nSPS) is 13.7. The molecule has 0 spiro atoms. The number of nitrogens with zero attached hydrogens (tertiary/aromatic N) is 5. The highest BCUT2D eigenvalue weighted by molar-refractivity contribution is 9.10. The number of rotatable bonds is 5. The van der Waals surface area contributed by atoms with Crippen LogP contribution < -0.4 is 15.0 Å². The van der Waals surface area contributed by atoms with Gasteiger partial charge < -0.3 is 15.0 Å². The second kappa shape index (κ2) is 9.99. The number of aromatic nitrogens is 2. The van der Waals surface area contributed by atoms with Crippen molar-refractivity contribution in [3.63, 3.8) is 0 Å². The minimum atomic E-state index is 0.188. The highest BCUT2D eigenvalue weighted by Crippen LogP contribution is 2.36. The Morgan fingerprint density at radius 2 is 1.76 bits per heavy atom. The average Bonchev–Trinajstić information content (AvgIpc) is 2.84. The molecule has 1 saturated heterocycles. The van der Waals surface area contributed by atoms with Gasteiger partial charge in [0.05, 0.1) is 33.9 Å². The molecular formula is C25H23BrN6O. The summed E-state index contributed by atoms with van der Waals surface area (Å²) >= 11 is 3.52. The van der Waals surface area contributed by atoms with Gasteiger partial charge >= 0.3 is 0 Å². The van der Waals surface area contributed by atoms with E-state index in [2.05, 4.69) is 43.3 Å². The maximum atomic E-state index is 9.40. The third-order valence-corrected chi connectivity index (χ3v) is 6.17. The van der Waals surface area contributed by atoms with Crippen LogP contribution in [0.4, 0.5) is 11.6 Å². The van der Waals surface area contributed by atoms with Crippen LogP contribution in [0.15, 0.2) is 47.1 Å². The summed E-state index contributed by atoms with van der Waals surface area (Å²) < 4.78 is 6.86. The van der Waals surface area contributed by atoms with Crippen LogP contribution in [0.1, 0.15) is 35.1 Å². The number of hydrogen-bond acceptors (Lipinski definition) is 7. The fourth-order valence-corrected chi connectivity index (χ4v) is 4.35. The highest BCUT2D eigenvalue weighted by atomic mass is 79.9. The lowest BCUT2D eigenvalue weighted by Gasteiger charge is -2.35. The van der Waals surface area contributed by atoms with E-state index in [0.29, 0.717) is 33.2 Å². The Hall–Kier alpha value is -3.46. The summed E-state index contributed by atoms with van der Waals surface area (Å²) in [5.41, 5.74) is 3.77. The van der Waals surface area contributed by atoms with Crippen molar-refractivity contribution in [2.45, 2.75) is 32.7 Å². The first-order valence-corrected chi connectivity index (χ1v) is 11.5. The SMILES string of the molecule is Cc1cc(C#N)cc(C)c1Oc1nc(N(c2cccc(C#N)c2)C2CCNCC2)ncc1Br. The molecule has 1 aromatic heterocycles. The molecule has 0 radical (unpaired) electrons. The standard InChI is InChI=1S/C25H23BrN6O/c1-16-10-19(14-28)11-17(2)23(16)33-24-22(26)15-30-25(31-24)32(20-6-8-29-9-7-20)21-5-3-4-18(12-21)13-27/h3-5,10-12,15,20,29H,6-9H2,1-2H3. The number of piperidine rings is 1. The van der Waals surface area contributed by atoms with E-state index >= 15 is 0 Å². The molecule has 0 unspecified atom stereocenters. The number of nitriles is 2. The van der Waals surface area contributed by atoms with Crippen molar-refractivity contribution in [3.8, 4) is 23.8 Å². The van der Waals surface area contributed by atoms with E-state index in [4.69, 9.17) is 9.72 Å². The lowest BCUT2D eigenvalue weighted by molar-refractivity contribution is 0.437. The molecule has 8 heteroatoms. The maximum absolute atomic E-state index is 9.40. The summed E-state index contributed by atoms with van der Waals surface area (Å²) in [6.45, 7) is 5.63. The van der Waals surface area contributed by atoms with E-state index < -0.39 is 0 Å². The molecule has 2 aromatic carbocycles. The Bertz CT molecular complexity index is 1230. The molecule has 0 bridgehead atoms. The minimum absolute atomic E-state index is 0.188. The Balaban J connectivity index is 1.76. The number of halogens is 1. The number of aryl methyl sites for hydroxylation is 2. The average molecular weight is 503 g/mol. The zero-order valence-electron chi connectivity index (χ0n) is 18.5. The first kappa shape index (κ1) is 22.7. The molecule has 0 atom stereocenters. The molecule has 1 fully saturated rings. The van der Waals surface area contributed by atoms with E-state index in [1.807, 2.05) is 32.0 Å². The molecule has 2 heterocycles. The minimum Gasteiger partial charge on any atom is -0.437 e. The van der Waals surface area contributed by atoms with E-state index in [9.17, 15) is 10.5 Å². The molecule has 166 valence electrons. The van der Waals surface area contributed by atoms with E-state index in [1.165, 1.54) is 0 Å². The van der Waals surface area contributed by atoms with Gasteiger partial charge in [-0.25, -0.2) is 4.98 Å². The largest absolute Gasteiger partial charge is 0.437 e. The summed E-state index contributed by atoms with van der Waals surface area (Å²) in [6, 6.07) is 15.7. The first-order valence-electron chi connectivity index (χ1n) is 10.7. The summed E-state index contributed by atoms with van der Waals surface area (Å²) in [4.78, 5) is 11.5. The molecule has 1 N–H and O–H groups in total. The van der Waals surface area contributed by atoms with Crippen LogP contribution in [-0.2, 0) is 0 Å². The fourth-order valence-electron chi connectivity index (χ4n) is 4.08. The molecular weight excluding hydrogens is 480 g/mol. The van der Waals surface area contributed by atoms with Gasteiger partial charge in [0.25, 0.3) is 0 Å². The molecule has 1 aliphatic heterocycles. The van der Waals surface area contributed by atoms with Gasteiger partial charge in [-0.3, -0.25) is 0 Å². The van der Waals surface area contributed by atoms with Crippen LogP contribution in [0.3, 0.4) is 0 Å². The monoisotopic (exact) mass is 502 g/mol. The molecule has 0 aliphatic carbocycles. The van der Waals surface area contributed by atoms with Crippen molar-refractivity contribution < 1.29 is 4.74 Å². The zero-order chi connectivity index (χ0) is 23.4. The molecule has 4 rings (SSSR count). The maximum Gasteiger partial charge on any atom is 0.238 e. The van der Waals surface area contributed by atoms with Crippen LogP contribution in [0, 0.1) is 36.5 Å². The van der Waals surface area contributed by atoms with E-state index in [1.54, 1.807) is 24.4 Å². The quantitative estimate of drug-likeness (QED) is 0.506. The molecule has 1 aliphatic rings. The van der Waals surface area contributed by atoms with Gasteiger partial charge in [0.15, 0.2) is 0 Å². The molecule has 33 heavy (non-hydrogen) atoms. The van der Waals surface area contributed by atoms with E-state index in [-0.39, 0.29) is 6.04 Å². The number of nitrogens with one attached hydrogen (secondary N) is 1. The Morgan fingerprint density at radius 3 is 2.42 bits per heavy atom. The highest BCUT2D eigenvalue weighted by Gasteiger charge is 2.26. The lowest BCUT2D eigenvalue weighted by atomic mass is 10.0. The van der Waals surface area contributed by atoms with Crippen LogP contribution in [0.25, 0.3) is 0 Å². The number of benzene rings is 2. The van der Waals surface area contributed by atoms with Crippen LogP contribution in [0.5, 0.6) is 11.6 Å². The molecule has 0 saturated carbocycles. The second-order valence-corrected chi connectivity index (χ2v) is 8.84. The third kappa shape index (κ3) is 4.98. The Kier molecular flexibility index (Phi) is 6.88. The topological polar surface area (TPSA) is 97.9 Å². The summed E-state index contributed by atoms with van der Waals surface area (Å²) in [5, 5.41) is 22.0. The van der Waals surface area contributed by atoms with Gasteiger partial charge in [0.1, 0.15) is 5.75 Å². The van der Waals surface area contributed by atoms with Crippen LogP contribution in [-0.4, -0.2) is 29.1 Å². The van der Waals surface area contributed by atoms with Crippen LogP contribution >= 0.6 is 15.9 Å². The van der Waals surface area contributed by atoms with Gasteiger partial charge in [-0.15, -0.1) is 0 Å². The molecule has 0 amide bonds. The molecule has 7 nitrogen and oxygen atoms in total. The lowest BCUT2D eigenvalue weighted by Crippen LogP contribution is -2.41. The zero-order valence-corrected chi connectivity index (χ0v) is 20.1. The number of ether oxygens (including phenoxy) is 1. The van der Waals surface area contributed by atoms with Gasteiger partial charge in [0.2, 0.25) is 11.8 Å². The number of anilines is 2. The second-order valence-electron chi connectivity index (χ2n) is 7.99. The summed E-state index contributed by atoms with van der Waals surface area (Å²) in [6.07, 6.45) is 3.55. The van der Waals surface area contributed by atoms with Gasteiger partial charge in [0, 0.05) is 11.7 Å². The van der Waals surface area contributed by atoms with Crippen molar-refractivity contribution in [1.29, 1.82) is 10.5 Å². The predicted octanol–water partition coefficient (Wildman–Crippen LogP) is 5.28. The smallest absolute Gasteiger partial charge is 0.238 e. The molecule has 3 aromatic rings. The Morgan fingerprint density at radius 1 is 1.06 bits per heavy atom. The van der Waals surface area contributed by atoms with Crippen molar-refractivity contribution in [2.75, 3.05) is 18.0 Å². The van der Waals surface area contributed by atoms with Gasteiger partial charge in [-0.1, -0.05) is 6.07 Å². The van der Waals surface area contributed by atoms with Crippen LogP contribution in [0.2, 0.25) is 0 Å². The summed E-state index contributed by atoms with van der Waals surface area (Å²) in [5.74, 6) is 1.57. The van der Waals surface area contributed by atoms with Gasteiger partial charge in [-0.05, 0) is 97.2 Å². The van der Waals surface area contributed by atoms with Crippen molar-refractivity contribution in [2.24, 2.45) is 0 Å². The Labute approximate surface area is 201 Å². The van der Waals surface area contributed by atoms with Crippen molar-refractivity contribution in [1.82, 2.24) is 15.3 Å². The third-order valence-electron chi connectivity index (χ3n) is 5.63. The van der Waals surface area contributed by atoms with E-state index in [0.717, 1.165) is 42.7 Å². The van der Waals surface area contributed by atoms with Gasteiger partial charge in [-0.2, -0.15) is 15.5 Å². The number of hydrogen-bond donors (Lipinski definition) is 1. The first-order chi connectivity index (χ1) is 16.0. The fraction of sp³-hybridized carbons (Fsp3) is 0.280.